The molecule has 0 saturated carbocycles. The second kappa shape index (κ2) is 5.49. The van der Waals surface area contributed by atoms with Gasteiger partial charge in [0, 0.05) is 12.5 Å². The van der Waals surface area contributed by atoms with Crippen LogP contribution in [0.2, 0.25) is 0 Å². The maximum atomic E-state index is 13.5. The first-order valence-corrected chi connectivity index (χ1v) is 6.43. The second-order valence-electron chi connectivity index (χ2n) is 3.96. The highest BCUT2D eigenvalue weighted by atomic mass is 32.1. The topological polar surface area (TPSA) is 51.8 Å². The monoisotopic (exact) mass is 269 g/mol. The Hall–Kier alpha value is -1.40. The summed E-state index contributed by atoms with van der Waals surface area (Å²) in [5, 5.41) is 9.37. The highest BCUT2D eigenvalue weighted by Gasteiger charge is 2.12. The van der Waals surface area contributed by atoms with Gasteiger partial charge in [-0.1, -0.05) is 24.3 Å². The van der Waals surface area contributed by atoms with Gasteiger partial charge in [-0.3, -0.25) is 0 Å². The number of benzene rings is 1. The highest BCUT2D eigenvalue weighted by Crippen LogP contribution is 2.21. The minimum atomic E-state index is -0.581. The fourth-order valence-electron chi connectivity index (χ4n) is 1.49. The Kier molecular flexibility index (Phi) is 3.98. The third-order valence-electron chi connectivity index (χ3n) is 2.60. The van der Waals surface area contributed by atoms with E-state index in [4.69, 9.17) is 5.73 Å². The molecule has 18 heavy (non-hydrogen) atoms. The van der Waals surface area contributed by atoms with Crippen molar-refractivity contribution in [3.05, 3.63) is 45.4 Å². The van der Waals surface area contributed by atoms with E-state index in [-0.39, 0.29) is 6.04 Å². The fourth-order valence-corrected chi connectivity index (χ4v) is 2.44. The number of hydrogen-bond donors (Lipinski definition) is 1. The molecule has 1 atom stereocenters. The molecule has 0 aliphatic carbocycles. The van der Waals surface area contributed by atoms with E-state index in [2.05, 4.69) is 10.2 Å². The summed E-state index contributed by atoms with van der Waals surface area (Å²) < 4.78 is 26.2. The van der Waals surface area contributed by atoms with Crippen molar-refractivity contribution >= 4 is 11.3 Å². The van der Waals surface area contributed by atoms with Crippen molar-refractivity contribution in [3.8, 4) is 0 Å². The number of hydrogen-bond acceptors (Lipinski definition) is 4. The zero-order chi connectivity index (χ0) is 13.1. The maximum absolute atomic E-state index is 13.5. The molecule has 0 radical (unpaired) electrons. The lowest BCUT2D eigenvalue weighted by Crippen LogP contribution is -2.07. The summed E-state index contributed by atoms with van der Waals surface area (Å²) in [4.78, 5) is 0. The van der Waals surface area contributed by atoms with Crippen molar-refractivity contribution in [2.24, 2.45) is 5.73 Å². The number of rotatable bonds is 4. The van der Waals surface area contributed by atoms with Gasteiger partial charge in [0.05, 0.1) is 6.04 Å². The van der Waals surface area contributed by atoms with E-state index in [0.29, 0.717) is 17.0 Å². The molecule has 2 aromatic rings. The predicted molar refractivity (Wildman–Crippen MR) is 66.3 cm³/mol. The molecule has 1 aromatic carbocycles. The van der Waals surface area contributed by atoms with Crippen LogP contribution in [0.1, 0.15) is 35.0 Å². The smallest absolute Gasteiger partial charge is 0.134 e. The molecular formula is C12H13F2N3S. The van der Waals surface area contributed by atoms with E-state index in [9.17, 15) is 8.78 Å². The molecule has 0 saturated heterocycles. The minimum Gasteiger partial charge on any atom is -0.322 e. The first-order valence-electron chi connectivity index (χ1n) is 5.62. The quantitative estimate of drug-likeness (QED) is 0.928. The van der Waals surface area contributed by atoms with Crippen LogP contribution in [0.3, 0.4) is 0 Å². The molecular weight excluding hydrogens is 256 g/mol. The molecule has 2 N–H and O–H groups in total. The van der Waals surface area contributed by atoms with Crippen molar-refractivity contribution in [1.29, 1.82) is 0 Å². The van der Waals surface area contributed by atoms with Crippen LogP contribution in [-0.2, 0) is 6.42 Å². The van der Waals surface area contributed by atoms with Crippen molar-refractivity contribution < 1.29 is 8.78 Å². The van der Waals surface area contributed by atoms with E-state index in [0.717, 1.165) is 17.5 Å². The van der Waals surface area contributed by atoms with E-state index in [1.165, 1.54) is 23.5 Å². The van der Waals surface area contributed by atoms with Crippen molar-refractivity contribution in [2.45, 2.75) is 25.8 Å². The highest BCUT2D eigenvalue weighted by molar-refractivity contribution is 7.11. The fraction of sp³-hybridized carbons (Fsp3) is 0.333. The molecule has 0 amide bonds. The summed E-state index contributed by atoms with van der Waals surface area (Å²) in [6.07, 6.45) is 1.08. The van der Waals surface area contributed by atoms with Crippen LogP contribution in [-0.4, -0.2) is 10.2 Å². The normalized spacial score (nSPS) is 12.7. The number of nitrogens with zero attached hydrogens (tertiary/aromatic N) is 2. The zero-order valence-electron chi connectivity index (χ0n) is 9.86. The van der Waals surface area contributed by atoms with E-state index < -0.39 is 11.6 Å². The lowest BCUT2D eigenvalue weighted by atomic mass is 10.1. The lowest BCUT2D eigenvalue weighted by Gasteiger charge is -2.01. The number of halogens is 2. The third-order valence-corrected chi connectivity index (χ3v) is 3.65. The van der Waals surface area contributed by atoms with Crippen LogP contribution in [0, 0.1) is 11.6 Å². The van der Waals surface area contributed by atoms with Crippen LogP contribution >= 0.6 is 11.3 Å². The first kappa shape index (κ1) is 13.0. The summed E-state index contributed by atoms with van der Waals surface area (Å²) in [7, 11) is 0. The summed E-state index contributed by atoms with van der Waals surface area (Å²) in [5.41, 5.74) is 6.24. The Balaban J connectivity index is 2.16. The Morgan fingerprint density at radius 3 is 2.78 bits per heavy atom. The van der Waals surface area contributed by atoms with Crippen LogP contribution < -0.4 is 5.73 Å². The summed E-state index contributed by atoms with van der Waals surface area (Å²) in [6, 6.07) is 3.40. The van der Waals surface area contributed by atoms with Crippen LogP contribution in [0.15, 0.2) is 18.2 Å². The van der Waals surface area contributed by atoms with Crippen molar-refractivity contribution in [3.63, 3.8) is 0 Å². The molecule has 2 rings (SSSR count). The third kappa shape index (κ3) is 2.88. The van der Waals surface area contributed by atoms with Crippen molar-refractivity contribution in [1.82, 2.24) is 10.2 Å². The van der Waals surface area contributed by atoms with Crippen LogP contribution in [0.4, 0.5) is 8.78 Å². The van der Waals surface area contributed by atoms with Gasteiger partial charge in [0.1, 0.15) is 21.6 Å². The molecule has 1 unspecified atom stereocenters. The summed E-state index contributed by atoms with van der Waals surface area (Å²) in [5.74, 6) is -1.14. The van der Waals surface area contributed by atoms with Crippen LogP contribution in [0.5, 0.6) is 0 Å². The Bertz CT molecular complexity index is 542. The van der Waals surface area contributed by atoms with Gasteiger partial charge in [-0.15, -0.1) is 10.2 Å². The second-order valence-corrected chi connectivity index (χ2v) is 5.05. The Labute approximate surface area is 108 Å². The summed E-state index contributed by atoms with van der Waals surface area (Å²) >= 11 is 1.37. The van der Waals surface area contributed by atoms with Gasteiger partial charge in [0.15, 0.2) is 0 Å². The molecule has 1 heterocycles. The minimum absolute atomic E-state index is 0.130. The van der Waals surface area contributed by atoms with E-state index in [1.54, 1.807) is 0 Å². The van der Waals surface area contributed by atoms with Gasteiger partial charge in [-0.05, 0) is 18.1 Å². The number of aromatic nitrogens is 2. The summed E-state index contributed by atoms with van der Waals surface area (Å²) in [6.45, 7) is 1.96. The average molecular weight is 269 g/mol. The van der Waals surface area contributed by atoms with Gasteiger partial charge in [0.2, 0.25) is 0 Å². The van der Waals surface area contributed by atoms with Gasteiger partial charge in [-0.2, -0.15) is 0 Å². The molecule has 0 aliphatic heterocycles. The standard InChI is InChI=1S/C12H13F2N3S/c1-2-10(15)12-17-16-11(18-12)5-7-3-4-8(13)6-9(7)14/h3-4,6,10H,2,5,15H2,1H3. The molecule has 0 spiro atoms. The molecule has 3 nitrogen and oxygen atoms in total. The van der Waals surface area contributed by atoms with Gasteiger partial charge in [-0.25, -0.2) is 8.78 Å². The SMILES string of the molecule is CCC(N)c1nnc(Cc2ccc(F)cc2F)s1. The molecule has 1 aromatic heterocycles. The Morgan fingerprint density at radius 1 is 1.33 bits per heavy atom. The molecule has 0 aliphatic rings. The zero-order valence-corrected chi connectivity index (χ0v) is 10.7. The van der Waals surface area contributed by atoms with E-state index in [1.807, 2.05) is 6.92 Å². The lowest BCUT2D eigenvalue weighted by molar-refractivity contribution is 0.574. The largest absolute Gasteiger partial charge is 0.322 e. The Morgan fingerprint density at radius 2 is 2.11 bits per heavy atom. The first-order chi connectivity index (χ1) is 8.60. The van der Waals surface area contributed by atoms with Gasteiger partial charge in [0.25, 0.3) is 0 Å². The van der Waals surface area contributed by atoms with Gasteiger partial charge < -0.3 is 5.73 Å². The van der Waals surface area contributed by atoms with Crippen LogP contribution in [0.25, 0.3) is 0 Å². The molecule has 96 valence electrons. The molecule has 6 heteroatoms. The van der Waals surface area contributed by atoms with Crippen molar-refractivity contribution in [2.75, 3.05) is 0 Å². The predicted octanol–water partition coefficient (Wildman–Crippen LogP) is 2.82. The maximum Gasteiger partial charge on any atom is 0.134 e. The number of nitrogens with two attached hydrogens (primary N) is 1. The average Bonchev–Trinajstić information content (AvgIpc) is 2.80. The molecule has 0 bridgehead atoms. The van der Waals surface area contributed by atoms with E-state index >= 15 is 0 Å². The molecule has 0 fully saturated rings. The van der Waals surface area contributed by atoms with Gasteiger partial charge >= 0.3 is 0 Å².